The summed E-state index contributed by atoms with van der Waals surface area (Å²) in [5, 5.41) is 10.6. The first-order chi connectivity index (χ1) is 23.7. The molecule has 0 bridgehead atoms. The fourth-order valence-corrected chi connectivity index (χ4v) is 9.29. The molecule has 0 N–H and O–H groups in total. The van der Waals surface area contributed by atoms with Gasteiger partial charge in [0.25, 0.3) is 0 Å². The predicted octanol–water partition coefficient (Wildman–Crippen LogP) is 13.4. The molecule has 2 heteroatoms. The lowest BCUT2D eigenvalue weighted by atomic mass is 9.87. The number of rotatable bonds is 3. The highest BCUT2D eigenvalue weighted by molar-refractivity contribution is 7.26. The zero-order chi connectivity index (χ0) is 31.9. The van der Waals surface area contributed by atoms with Crippen LogP contribution in [0.1, 0.15) is 11.1 Å². The molecule has 0 fully saturated rings. The Morgan fingerprint density at radius 3 is 2.00 bits per heavy atom. The van der Waals surface area contributed by atoms with Crippen molar-refractivity contribution in [2.24, 2.45) is 0 Å². The summed E-state index contributed by atoms with van der Waals surface area (Å²) in [5.41, 5.74) is 11.4. The van der Waals surface area contributed by atoms with E-state index in [-0.39, 0.29) is 0 Å². The van der Waals surface area contributed by atoms with Crippen molar-refractivity contribution < 1.29 is 0 Å². The van der Waals surface area contributed by atoms with E-state index in [0.717, 1.165) is 0 Å². The summed E-state index contributed by atoms with van der Waals surface area (Å²) in [5.74, 6) is 0. The minimum absolute atomic E-state index is 1.18. The van der Waals surface area contributed by atoms with Gasteiger partial charge in [0.1, 0.15) is 0 Å². The van der Waals surface area contributed by atoms with Gasteiger partial charge in [-0.2, -0.15) is 0 Å². The number of hydrogen-bond acceptors (Lipinski definition) is 1. The van der Waals surface area contributed by atoms with Crippen LogP contribution in [0.15, 0.2) is 152 Å². The van der Waals surface area contributed by atoms with Gasteiger partial charge in [-0.25, -0.2) is 0 Å². The average Bonchev–Trinajstić information content (AvgIpc) is 3.70. The van der Waals surface area contributed by atoms with E-state index in [1.165, 1.54) is 103 Å². The number of fused-ring (bicyclic) bond motifs is 10. The molecule has 0 aliphatic heterocycles. The van der Waals surface area contributed by atoms with E-state index >= 15 is 0 Å². The van der Waals surface area contributed by atoms with Crippen LogP contribution in [0.4, 0.5) is 0 Å². The van der Waals surface area contributed by atoms with Gasteiger partial charge in [-0.3, -0.25) is 0 Å². The highest BCUT2D eigenvalue weighted by Gasteiger charge is 2.20. The molecule has 48 heavy (non-hydrogen) atoms. The molecular weight excluding hydrogens is 599 g/mol. The van der Waals surface area contributed by atoms with Gasteiger partial charge >= 0.3 is 0 Å². The van der Waals surface area contributed by atoms with E-state index < -0.39 is 0 Å². The number of aryl methyl sites for hydroxylation is 2. The maximum absolute atomic E-state index is 2.43. The lowest BCUT2D eigenvalue weighted by molar-refractivity contribution is 1.18. The first-order valence-corrected chi connectivity index (χ1v) is 17.4. The Balaban J connectivity index is 1.21. The molecule has 0 spiro atoms. The van der Waals surface area contributed by atoms with Crippen LogP contribution in [0.2, 0.25) is 0 Å². The van der Waals surface area contributed by atoms with Gasteiger partial charge in [-0.1, -0.05) is 109 Å². The van der Waals surface area contributed by atoms with Crippen molar-refractivity contribution in [1.29, 1.82) is 0 Å². The fourth-order valence-electron chi connectivity index (χ4n) is 8.05. The fraction of sp³-hybridized carbons (Fsp3) is 0.0435. The Hall–Kier alpha value is -5.70. The van der Waals surface area contributed by atoms with Gasteiger partial charge in [0.2, 0.25) is 0 Å². The first kappa shape index (κ1) is 27.4. The van der Waals surface area contributed by atoms with Crippen molar-refractivity contribution in [2.45, 2.75) is 13.8 Å². The smallest absolute Gasteiger partial charge is 0.0541 e. The second-order valence-corrected chi connectivity index (χ2v) is 14.0. The van der Waals surface area contributed by atoms with Crippen LogP contribution in [0.5, 0.6) is 0 Å². The van der Waals surface area contributed by atoms with Crippen LogP contribution in [0.3, 0.4) is 0 Å². The molecule has 0 saturated carbocycles. The maximum Gasteiger partial charge on any atom is 0.0541 e. The van der Waals surface area contributed by atoms with Crippen molar-refractivity contribution in [2.75, 3.05) is 0 Å². The number of benzene rings is 8. The van der Waals surface area contributed by atoms with E-state index in [1.807, 2.05) is 11.3 Å². The predicted molar refractivity (Wildman–Crippen MR) is 209 cm³/mol. The van der Waals surface area contributed by atoms with Gasteiger partial charge in [0.15, 0.2) is 0 Å². The number of hydrogen-bond donors (Lipinski definition) is 0. The number of para-hydroxylation sites is 2. The molecule has 10 rings (SSSR count). The van der Waals surface area contributed by atoms with Gasteiger partial charge < -0.3 is 4.57 Å². The molecule has 226 valence electrons. The topological polar surface area (TPSA) is 4.93 Å². The molecule has 0 radical (unpaired) electrons. The van der Waals surface area contributed by atoms with Crippen molar-refractivity contribution in [3.05, 3.63) is 163 Å². The molecule has 0 unspecified atom stereocenters. The Labute approximate surface area is 282 Å². The van der Waals surface area contributed by atoms with E-state index in [1.54, 1.807) is 0 Å². The third-order valence-electron chi connectivity index (χ3n) is 10.3. The summed E-state index contributed by atoms with van der Waals surface area (Å²) in [6.07, 6.45) is 0. The molecule has 2 heterocycles. The molecule has 2 aromatic heterocycles. The minimum Gasteiger partial charge on any atom is -0.309 e. The highest BCUT2D eigenvalue weighted by Crippen LogP contribution is 2.48. The Kier molecular flexibility index (Phi) is 5.94. The summed E-state index contributed by atoms with van der Waals surface area (Å²) < 4.78 is 5.12. The molecular formula is C46H31NS. The van der Waals surface area contributed by atoms with Gasteiger partial charge in [0, 0.05) is 36.6 Å². The SMILES string of the molecule is Cc1ccc(-c2ccc3c(c2)c2ccccc2n3-c2ccccc2)cc1-c1c(C)c2sc3ccc4ccccc4c3c2c2ccccc12. The third-order valence-corrected chi connectivity index (χ3v) is 11.6. The van der Waals surface area contributed by atoms with Crippen molar-refractivity contribution in [3.63, 3.8) is 0 Å². The first-order valence-electron chi connectivity index (χ1n) is 16.6. The highest BCUT2D eigenvalue weighted by atomic mass is 32.1. The third kappa shape index (κ3) is 3.90. The maximum atomic E-state index is 2.43. The Morgan fingerprint density at radius 2 is 1.15 bits per heavy atom. The zero-order valence-corrected chi connectivity index (χ0v) is 27.6. The molecule has 0 aliphatic rings. The summed E-state index contributed by atoms with van der Waals surface area (Å²) in [7, 11) is 0. The second-order valence-electron chi connectivity index (χ2n) is 13.0. The van der Waals surface area contributed by atoms with Crippen molar-refractivity contribution in [1.82, 2.24) is 4.57 Å². The van der Waals surface area contributed by atoms with Crippen LogP contribution in [-0.4, -0.2) is 4.57 Å². The van der Waals surface area contributed by atoms with Crippen molar-refractivity contribution >= 4 is 74.9 Å². The molecule has 0 amide bonds. The molecule has 1 nitrogen and oxygen atoms in total. The van der Waals surface area contributed by atoms with Gasteiger partial charge in [-0.15, -0.1) is 11.3 Å². The van der Waals surface area contributed by atoms with Gasteiger partial charge in [0.05, 0.1) is 11.0 Å². The summed E-state index contributed by atoms with van der Waals surface area (Å²) in [6, 6.07) is 55.9. The standard InChI is InChI=1S/C46H31NS/c1-28-20-21-31(32-22-24-41-39(27-32)35-16-10-11-19-40(35)47(41)33-13-4-3-5-14-33)26-38(28)43-29(2)46-45(37-18-9-8-17-36(37)43)44-34-15-7-6-12-30(34)23-25-42(44)48-46/h3-27H,1-2H3. The summed E-state index contributed by atoms with van der Waals surface area (Å²) >= 11 is 1.93. The summed E-state index contributed by atoms with van der Waals surface area (Å²) in [4.78, 5) is 0. The average molecular weight is 630 g/mol. The normalized spacial score (nSPS) is 12.0. The van der Waals surface area contributed by atoms with Crippen molar-refractivity contribution in [3.8, 4) is 27.9 Å². The number of thiophene rings is 1. The van der Waals surface area contributed by atoms with E-state index in [0.29, 0.717) is 0 Å². The quantitative estimate of drug-likeness (QED) is 0.183. The largest absolute Gasteiger partial charge is 0.309 e. The van der Waals surface area contributed by atoms with Crippen LogP contribution in [-0.2, 0) is 0 Å². The molecule has 8 aromatic carbocycles. The Morgan fingerprint density at radius 1 is 0.479 bits per heavy atom. The van der Waals surface area contributed by atoms with Crippen LogP contribution in [0.25, 0.3) is 91.5 Å². The lowest BCUT2D eigenvalue weighted by Gasteiger charge is -2.17. The van der Waals surface area contributed by atoms with Crippen LogP contribution < -0.4 is 0 Å². The molecule has 10 aromatic rings. The molecule has 0 atom stereocenters. The number of nitrogens with zero attached hydrogens (tertiary/aromatic N) is 1. The zero-order valence-electron chi connectivity index (χ0n) is 26.8. The lowest BCUT2D eigenvalue weighted by Crippen LogP contribution is -1.93. The monoisotopic (exact) mass is 629 g/mol. The summed E-state index contributed by atoms with van der Waals surface area (Å²) in [6.45, 7) is 4.59. The van der Waals surface area contributed by atoms with Crippen LogP contribution in [0, 0.1) is 13.8 Å². The molecule has 0 aliphatic carbocycles. The number of aromatic nitrogens is 1. The minimum atomic E-state index is 1.18. The Bertz CT molecular complexity index is 2900. The van der Waals surface area contributed by atoms with E-state index in [9.17, 15) is 0 Å². The van der Waals surface area contributed by atoms with Gasteiger partial charge in [-0.05, 0) is 111 Å². The second kappa shape index (κ2) is 10.4. The van der Waals surface area contributed by atoms with Crippen LogP contribution >= 0.6 is 11.3 Å². The van der Waals surface area contributed by atoms with E-state index in [4.69, 9.17) is 0 Å². The molecule has 0 saturated heterocycles. The van der Waals surface area contributed by atoms with E-state index in [2.05, 4.69) is 170 Å².